The SMILES string of the molecule is COc1ccc(NC(=O)/C(C#N)=C/c2ccc(OC(=O)c3ccccc3F)c(OC)c2)cc1. The van der Waals surface area contributed by atoms with Gasteiger partial charge in [-0.1, -0.05) is 18.2 Å². The maximum atomic E-state index is 13.8. The van der Waals surface area contributed by atoms with Crippen molar-refractivity contribution in [1.29, 1.82) is 5.26 Å². The molecule has 0 aliphatic heterocycles. The summed E-state index contributed by atoms with van der Waals surface area (Å²) in [5, 5.41) is 12.1. The first-order valence-electron chi connectivity index (χ1n) is 9.67. The Balaban J connectivity index is 1.79. The van der Waals surface area contributed by atoms with E-state index in [1.165, 1.54) is 56.7 Å². The molecule has 0 aliphatic carbocycles. The van der Waals surface area contributed by atoms with Crippen LogP contribution in [0.5, 0.6) is 17.2 Å². The van der Waals surface area contributed by atoms with Crippen molar-refractivity contribution in [2.75, 3.05) is 19.5 Å². The molecule has 33 heavy (non-hydrogen) atoms. The Morgan fingerprint density at radius 1 is 0.970 bits per heavy atom. The predicted octanol–water partition coefficient (Wildman–Crippen LogP) is 4.61. The van der Waals surface area contributed by atoms with Crippen LogP contribution in [0.25, 0.3) is 6.08 Å². The fourth-order valence-corrected chi connectivity index (χ4v) is 2.83. The second-order valence-electron chi connectivity index (χ2n) is 6.63. The van der Waals surface area contributed by atoms with E-state index in [2.05, 4.69) is 5.32 Å². The van der Waals surface area contributed by atoms with Gasteiger partial charge < -0.3 is 19.5 Å². The highest BCUT2D eigenvalue weighted by Gasteiger charge is 2.17. The van der Waals surface area contributed by atoms with Crippen molar-refractivity contribution in [1.82, 2.24) is 0 Å². The number of nitriles is 1. The van der Waals surface area contributed by atoms with Crippen molar-refractivity contribution in [3.8, 4) is 23.3 Å². The molecule has 0 fully saturated rings. The van der Waals surface area contributed by atoms with Crippen LogP contribution in [0.2, 0.25) is 0 Å². The number of rotatable bonds is 7. The van der Waals surface area contributed by atoms with E-state index in [1.54, 1.807) is 24.3 Å². The lowest BCUT2D eigenvalue weighted by Crippen LogP contribution is -2.13. The highest BCUT2D eigenvalue weighted by Crippen LogP contribution is 2.30. The number of amides is 1. The zero-order valence-corrected chi connectivity index (χ0v) is 17.8. The van der Waals surface area contributed by atoms with Crippen molar-refractivity contribution in [3.63, 3.8) is 0 Å². The van der Waals surface area contributed by atoms with Crippen molar-refractivity contribution >= 4 is 23.6 Å². The molecule has 3 aromatic rings. The summed E-state index contributed by atoms with van der Waals surface area (Å²) >= 11 is 0. The Kier molecular flexibility index (Phi) is 7.39. The number of nitrogens with one attached hydrogen (secondary N) is 1. The van der Waals surface area contributed by atoms with Gasteiger partial charge in [-0.25, -0.2) is 9.18 Å². The fraction of sp³-hybridized carbons (Fsp3) is 0.0800. The smallest absolute Gasteiger partial charge is 0.346 e. The topological polar surface area (TPSA) is 97.6 Å². The first kappa shape index (κ1) is 23.0. The molecule has 7 nitrogen and oxygen atoms in total. The van der Waals surface area contributed by atoms with Crippen molar-refractivity contribution in [3.05, 3.63) is 89.2 Å². The van der Waals surface area contributed by atoms with Crippen molar-refractivity contribution in [2.45, 2.75) is 0 Å². The summed E-state index contributed by atoms with van der Waals surface area (Å²) < 4.78 is 29.4. The first-order valence-corrected chi connectivity index (χ1v) is 9.67. The van der Waals surface area contributed by atoms with Crippen LogP contribution in [-0.4, -0.2) is 26.1 Å². The normalized spacial score (nSPS) is 10.7. The highest BCUT2D eigenvalue weighted by molar-refractivity contribution is 6.09. The summed E-state index contributed by atoms with van der Waals surface area (Å²) in [6.45, 7) is 0. The summed E-state index contributed by atoms with van der Waals surface area (Å²) in [5.74, 6) is -1.33. The summed E-state index contributed by atoms with van der Waals surface area (Å²) in [6, 6.07) is 18.4. The molecular weight excluding hydrogens is 427 g/mol. The lowest BCUT2D eigenvalue weighted by Gasteiger charge is -2.11. The zero-order valence-electron chi connectivity index (χ0n) is 17.8. The van der Waals surface area contributed by atoms with E-state index >= 15 is 0 Å². The molecule has 0 atom stereocenters. The van der Waals surface area contributed by atoms with Gasteiger partial charge >= 0.3 is 5.97 Å². The molecule has 0 bridgehead atoms. The Labute approximate surface area is 189 Å². The molecule has 166 valence electrons. The third kappa shape index (κ3) is 5.74. The van der Waals surface area contributed by atoms with Gasteiger partial charge in [0.15, 0.2) is 11.5 Å². The van der Waals surface area contributed by atoms with Gasteiger partial charge in [0, 0.05) is 5.69 Å². The van der Waals surface area contributed by atoms with Gasteiger partial charge in [-0.05, 0) is 60.2 Å². The number of hydrogen-bond acceptors (Lipinski definition) is 6. The van der Waals surface area contributed by atoms with E-state index in [0.717, 1.165) is 6.07 Å². The number of anilines is 1. The van der Waals surface area contributed by atoms with Gasteiger partial charge in [0.1, 0.15) is 23.2 Å². The quantitative estimate of drug-likeness (QED) is 0.246. The van der Waals surface area contributed by atoms with Gasteiger partial charge in [-0.15, -0.1) is 0 Å². The second kappa shape index (κ2) is 10.6. The minimum absolute atomic E-state index is 0.0593. The maximum absolute atomic E-state index is 13.8. The number of carbonyl (C=O) groups excluding carboxylic acids is 2. The first-order chi connectivity index (χ1) is 15.9. The number of nitrogens with zero attached hydrogens (tertiary/aromatic N) is 1. The number of hydrogen-bond donors (Lipinski definition) is 1. The molecule has 0 aliphatic rings. The number of benzene rings is 3. The molecule has 3 rings (SSSR count). The van der Waals surface area contributed by atoms with Crippen LogP contribution >= 0.6 is 0 Å². The molecule has 0 aromatic heterocycles. The molecule has 0 saturated carbocycles. The van der Waals surface area contributed by atoms with Gasteiger partial charge in [-0.3, -0.25) is 4.79 Å². The van der Waals surface area contributed by atoms with Crippen LogP contribution in [0.4, 0.5) is 10.1 Å². The van der Waals surface area contributed by atoms with Crippen LogP contribution in [0, 0.1) is 17.1 Å². The molecular formula is C25H19FN2O5. The predicted molar refractivity (Wildman–Crippen MR) is 120 cm³/mol. The molecule has 1 N–H and O–H groups in total. The van der Waals surface area contributed by atoms with Crippen molar-refractivity contribution < 1.29 is 28.2 Å². The van der Waals surface area contributed by atoms with E-state index in [-0.39, 0.29) is 22.6 Å². The Morgan fingerprint density at radius 2 is 1.70 bits per heavy atom. The molecule has 0 heterocycles. The van der Waals surface area contributed by atoms with Crippen LogP contribution in [0.1, 0.15) is 15.9 Å². The maximum Gasteiger partial charge on any atom is 0.346 e. The zero-order chi connectivity index (χ0) is 23.8. The summed E-state index contributed by atoms with van der Waals surface area (Å²) in [6.07, 6.45) is 1.36. The van der Waals surface area contributed by atoms with Crippen LogP contribution in [0.15, 0.2) is 72.3 Å². The van der Waals surface area contributed by atoms with E-state index in [4.69, 9.17) is 14.2 Å². The standard InChI is InChI=1S/C25H19FN2O5/c1-31-19-10-8-18(9-11-19)28-24(29)17(15-27)13-16-7-12-22(23(14-16)32-2)33-25(30)20-5-3-4-6-21(20)26/h3-14H,1-2H3,(H,28,29)/b17-13+. The van der Waals surface area contributed by atoms with E-state index in [1.807, 2.05) is 6.07 Å². The monoisotopic (exact) mass is 446 g/mol. The van der Waals surface area contributed by atoms with E-state index in [0.29, 0.717) is 17.0 Å². The molecule has 0 unspecified atom stereocenters. The minimum Gasteiger partial charge on any atom is -0.497 e. The third-order valence-electron chi connectivity index (χ3n) is 4.51. The Morgan fingerprint density at radius 3 is 2.33 bits per heavy atom. The Bertz CT molecular complexity index is 1250. The van der Waals surface area contributed by atoms with Gasteiger partial charge in [0.05, 0.1) is 19.8 Å². The molecule has 0 radical (unpaired) electrons. The average Bonchev–Trinajstić information content (AvgIpc) is 2.83. The third-order valence-corrected chi connectivity index (χ3v) is 4.51. The molecule has 1 amide bonds. The van der Waals surface area contributed by atoms with Gasteiger partial charge in [0.25, 0.3) is 5.91 Å². The Hall–Kier alpha value is -4.64. The van der Waals surface area contributed by atoms with Crippen LogP contribution < -0.4 is 19.5 Å². The number of halogens is 1. The summed E-state index contributed by atoms with van der Waals surface area (Å²) in [7, 11) is 2.90. The lowest BCUT2D eigenvalue weighted by molar-refractivity contribution is -0.112. The highest BCUT2D eigenvalue weighted by atomic mass is 19.1. The van der Waals surface area contributed by atoms with Gasteiger partial charge in [0.2, 0.25) is 0 Å². The molecule has 0 saturated heterocycles. The largest absolute Gasteiger partial charge is 0.497 e. The fourth-order valence-electron chi connectivity index (χ4n) is 2.83. The van der Waals surface area contributed by atoms with Gasteiger partial charge in [-0.2, -0.15) is 5.26 Å². The van der Waals surface area contributed by atoms with Crippen molar-refractivity contribution in [2.24, 2.45) is 0 Å². The summed E-state index contributed by atoms with van der Waals surface area (Å²) in [5.41, 5.74) is 0.586. The minimum atomic E-state index is -0.883. The van der Waals surface area contributed by atoms with E-state index < -0.39 is 17.7 Å². The van der Waals surface area contributed by atoms with Crippen LogP contribution in [0.3, 0.4) is 0 Å². The molecule has 3 aromatic carbocycles. The summed E-state index contributed by atoms with van der Waals surface area (Å²) in [4.78, 5) is 24.8. The molecule has 0 spiro atoms. The number of carbonyl (C=O) groups is 2. The number of ether oxygens (including phenoxy) is 3. The number of esters is 1. The molecule has 8 heteroatoms. The second-order valence-corrected chi connectivity index (χ2v) is 6.63. The average molecular weight is 446 g/mol. The van der Waals surface area contributed by atoms with Crippen LogP contribution in [-0.2, 0) is 4.79 Å². The number of methoxy groups -OCH3 is 2. The van der Waals surface area contributed by atoms with E-state index in [9.17, 15) is 19.2 Å². The lowest BCUT2D eigenvalue weighted by atomic mass is 10.1.